The summed E-state index contributed by atoms with van der Waals surface area (Å²) in [6, 6.07) is 4.77. The topological polar surface area (TPSA) is 39.2 Å². The van der Waals surface area contributed by atoms with Gasteiger partial charge in [-0.25, -0.2) is 9.78 Å². The van der Waals surface area contributed by atoms with E-state index in [1.165, 1.54) is 12.3 Å². The standard InChI is InChI=1S/C12H4Cl5NO2/c13-6-7(14)9(16)11(10(17)8(6)15)20-12(19)5-3-1-2-4-18-5/h1-4H. The number of halogens is 5. The minimum Gasteiger partial charge on any atom is -0.418 e. The van der Waals surface area contributed by atoms with Crippen LogP contribution in [-0.4, -0.2) is 11.0 Å². The van der Waals surface area contributed by atoms with Crippen LogP contribution in [0.15, 0.2) is 24.4 Å². The predicted octanol–water partition coefficient (Wildman–Crippen LogP) is 5.57. The van der Waals surface area contributed by atoms with Crippen LogP contribution in [0.4, 0.5) is 0 Å². The molecule has 0 saturated heterocycles. The van der Waals surface area contributed by atoms with E-state index in [0.29, 0.717) is 0 Å². The smallest absolute Gasteiger partial charge is 0.362 e. The van der Waals surface area contributed by atoms with Crippen molar-refractivity contribution < 1.29 is 9.53 Å². The first-order chi connectivity index (χ1) is 9.43. The molecule has 0 atom stereocenters. The van der Waals surface area contributed by atoms with Gasteiger partial charge in [-0.2, -0.15) is 0 Å². The van der Waals surface area contributed by atoms with Gasteiger partial charge in [0, 0.05) is 6.20 Å². The first kappa shape index (κ1) is 15.7. The Kier molecular flexibility index (Phi) is 4.99. The molecule has 0 N–H and O–H groups in total. The second-order valence-electron chi connectivity index (χ2n) is 3.50. The lowest BCUT2D eigenvalue weighted by molar-refractivity contribution is 0.0729. The van der Waals surface area contributed by atoms with Crippen molar-refractivity contribution in [3.05, 3.63) is 55.2 Å². The molecular weight excluding hydrogens is 367 g/mol. The molecule has 0 bridgehead atoms. The van der Waals surface area contributed by atoms with E-state index in [-0.39, 0.29) is 36.6 Å². The van der Waals surface area contributed by atoms with Crippen LogP contribution in [0.2, 0.25) is 25.1 Å². The highest BCUT2D eigenvalue weighted by Crippen LogP contribution is 2.48. The summed E-state index contributed by atoms with van der Waals surface area (Å²) < 4.78 is 5.09. The average molecular weight is 371 g/mol. The zero-order chi connectivity index (χ0) is 14.9. The molecule has 1 aromatic heterocycles. The van der Waals surface area contributed by atoms with Crippen LogP contribution >= 0.6 is 58.0 Å². The zero-order valence-electron chi connectivity index (χ0n) is 9.46. The number of hydrogen-bond donors (Lipinski definition) is 0. The average Bonchev–Trinajstić information content (AvgIpc) is 2.48. The largest absolute Gasteiger partial charge is 0.418 e. The summed E-state index contributed by atoms with van der Waals surface area (Å²) in [5.41, 5.74) is 0.0850. The monoisotopic (exact) mass is 369 g/mol. The zero-order valence-corrected chi connectivity index (χ0v) is 13.2. The quantitative estimate of drug-likeness (QED) is 0.300. The molecule has 0 unspecified atom stereocenters. The molecule has 0 fully saturated rings. The van der Waals surface area contributed by atoms with E-state index < -0.39 is 5.97 Å². The lowest BCUT2D eigenvalue weighted by atomic mass is 10.3. The lowest BCUT2D eigenvalue weighted by Crippen LogP contribution is -2.11. The molecule has 0 aliphatic heterocycles. The second kappa shape index (κ2) is 6.37. The van der Waals surface area contributed by atoms with Crippen molar-refractivity contribution in [1.29, 1.82) is 0 Å². The third kappa shape index (κ3) is 2.97. The number of aromatic nitrogens is 1. The molecule has 0 aliphatic rings. The normalized spacial score (nSPS) is 10.4. The first-order valence-corrected chi connectivity index (χ1v) is 6.97. The number of nitrogens with zero attached hydrogens (tertiary/aromatic N) is 1. The maximum Gasteiger partial charge on any atom is 0.362 e. The van der Waals surface area contributed by atoms with E-state index in [2.05, 4.69) is 4.98 Å². The maximum atomic E-state index is 11.9. The van der Waals surface area contributed by atoms with Crippen LogP contribution < -0.4 is 4.74 Å². The van der Waals surface area contributed by atoms with Crippen molar-refractivity contribution in [1.82, 2.24) is 4.98 Å². The van der Waals surface area contributed by atoms with Crippen LogP contribution in [0.25, 0.3) is 0 Å². The third-order valence-corrected chi connectivity index (χ3v) is 4.48. The van der Waals surface area contributed by atoms with E-state index in [1.54, 1.807) is 12.1 Å². The van der Waals surface area contributed by atoms with E-state index in [4.69, 9.17) is 62.7 Å². The Bertz CT molecular complexity index is 646. The Labute approximate surface area is 139 Å². The minimum atomic E-state index is -0.746. The van der Waals surface area contributed by atoms with Crippen molar-refractivity contribution in [3.63, 3.8) is 0 Å². The van der Waals surface area contributed by atoms with Gasteiger partial charge in [-0.1, -0.05) is 64.1 Å². The molecule has 20 heavy (non-hydrogen) atoms. The fourth-order valence-corrected chi connectivity index (χ4v) is 2.50. The van der Waals surface area contributed by atoms with Gasteiger partial charge in [-0.05, 0) is 12.1 Å². The molecule has 2 aromatic rings. The highest BCUT2D eigenvalue weighted by Gasteiger charge is 2.23. The Morgan fingerprint density at radius 2 is 1.45 bits per heavy atom. The van der Waals surface area contributed by atoms with E-state index in [1.807, 2.05) is 0 Å². The number of carbonyl (C=O) groups is 1. The Balaban J connectivity index is 2.43. The Morgan fingerprint density at radius 3 is 1.95 bits per heavy atom. The molecule has 1 aromatic carbocycles. The number of benzene rings is 1. The van der Waals surface area contributed by atoms with Gasteiger partial charge in [0.2, 0.25) is 0 Å². The van der Waals surface area contributed by atoms with Gasteiger partial charge in [0.25, 0.3) is 0 Å². The minimum absolute atomic E-state index is 0.0130. The van der Waals surface area contributed by atoms with Gasteiger partial charge in [0.05, 0.1) is 15.1 Å². The highest BCUT2D eigenvalue weighted by atomic mass is 35.5. The fourth-order valence-electron chi connectivity index (χ4n) is 1.30. The van der Waals surface area contributed by atoms with Crippen LogP contribution in [-0.2, 0) is 0 Å². The van der Waals surface area contributed by atoms with Gasteiger partial charge in [-0.3, -0.25) is 0 Å². The number of pyridine rings is 1. The fraction of sp³-hybridized carbons (Fsp3) is 0. The molecule has 0 spiro atoms. The van der Waals surface area contributed by atoms with Crippen molar-refractivity contribution in [2.45, 2.75) is 0 Å². The van der Waals surface area contributed by atoms with E-state index in [0.717, 1.165) is 0 Å². The summed E-state index contributed by atoms with van der Waals surface area (Å²) >= 11 is 29.5. The van der Waals surface area contributed by atoms with Crippen molar-refractivity contribution in [2.75, 3.05) is 0 Å². The van der Waals surface area contributed by atoms with Gasteiger partial charge < -0.3 is 4.74 Å². The van der Waals surface area contributed by atoms with Crippen LogP contribution in [0, 0.1) is 0 Å². The van der Waals surface area contributed by atoms with Crippen LogP contribution in [0.3, 0.4) is 0 Å². The van der Waals surface area contributed by atoms with Gasteiger partial charge in [0.1, 0.15) is 15.7 Å². The summed E-state index contributed by atoms with van der Waals surface area (Å²) in [4.78, 5) is 15.7. The molecule has 0 amide bonds. The Morgan fingerprint density at radius 1 is 0.900 bits per heavy atom. The van der Waals surface area contributed by atoms with Gasteiger partial charge in [-0.15, -0.1) is 0 Å². The second-order valence-corrected chi connectivity index (χ2v) is 5.39. The molecule has 2 rings (SSSR count). The number of hydrogen-bond acceptors (Lipinski definition) is 3. The van der Waals surface area contributed by atoms with Crippen LogP contribution in [0.1, 0.15) is 10.5 Å². The van der Waals surface area contributed by atoms with Crippen molar-refractivity contribution in [3.8, 4) is 5.75 Å². The molecule has 1 heterocycles. The predicted molar refractivity (Wildman–Crippen MR) is 80.7 cm³/mol. The first-order valence-electron chi connectivity index (χ1n) is 5.08. The van der Waals surface area contributed by atoms with Crippen LogP contribution in [0.5, 0.6) is 5.75 Å². The summed E-state index contributed by atoms with van der Waals surface area (Å²) in [7, 11) is 0. The molecular formula is C12H4Cl5NO2. The lowest BCUT2D eigenvalue weighted by Gasteiger charge is -2.12. The molecule has 8 heteroatoms. The summed E-state index contributed by atoms with van der Waals surface area (Å²) in [6.07, 6.45) is 1.45. The molecule has 0 radical (unpaired) electrons. The number of esters is 1. The van der Waals surface area contributed by atoms with Crippen molar-refractivity contribution >= 4 is 64.0 Å². The number of carbonyl (C=O) groups excluding carboxylic acids is 1. The summed E-state index contributed by atoms with van der Waals surface area (Å²) in [5, 5.41) is -0.315. The van der Waals surface area contributed by atoms with Gasteiger partial charge in [0.15, 0.2) is 5.75 Å². The van der Waals surface area contributed by atoms with Crippen molar-refractivity contribution in [2.24, 2.45) is 0 Å². The number of ether oxygens (including phenoxy) is 1. The molecule has 3 nitrogen and oxygen atoms in total. The number of rotatable bonds is 2. The summed E-state index contributed by atoms with van der Waals surface area (Å²) in [6.45, 7) is 0. The molecule has 0 saturated carbocycles. The maximum absolute atomic E-state index is 11.9. The van der Waals surface area contributed by atoms with Gasteiger partial charge >= 0.3 is 5.97 Å². The summed E-state index contributed by atoms with van der Waals surface area (Å²) in [5.74, 6) is -0.910. The molecule has 0 aliphatic carbocycles. The third-order valence-electron chi connectivity index (χ3n) is 2.24. The highest BCUT2D eigenvalue weighted by molar-refractivity contribution is 6.55. The SMILES string of the molecule is O=C(Oc1c(Cl)c(Cl)c(Cl)c(Cl)c1Cl)c1ccccn1. The van der Waals surface area contributed by atoms with E-state index in [9.17, 15) is 4.79 Å². The molecule has 104 valence electrons. The van der Waals surface area contributed by atoms with E-state index >= 15 is 0 Å². The Hall–Kier alpha value is -0.710.